The second-order valence-electron chi connectivity index (χ2n) is 5.87. The number of amides is 2. The van der Waals surface area contributed by atoms with Crippen LogP contribution in [0.15, 0.2) is 0 Å². The summed E-state index contributed by atoms with van der Waals surface area (Å²) in [6.07, 6.45) is 6.89. The van der Waals surface area contributed by atoms with Crippen LogP contribution in [-0.2, 0) is 4.79 Å². The minimum absolute atomic E-state index is 0.0322. The molecule has 0 aromatic carbocycles. The summed E-state index contributed by atoms with van der Waals surface area (Å²) in [4.78, 5) is 24.3. The standard InChI is InChI=1S/C14H24N2O3/c17-13(18)6-5-12-7-8-16(10-12)14(19)15-9-11-3-1-2-4-11/h11-12H,1-10H2,(H,15,19)(H,17,18). The van der Waals surface area contributed by atoms with Crippen LogP contribution in [0.3, 0.4) is 0 Å². The van der Waals surface area contributed by atoms with Crippen LogP contribution >= 0.6 is 0 Å². The van der Waals surface area contributed by atoms with Crippen molar-refractivity contribution in [3.8, 4) is 0 Å². The van der Waals surface area contributed by atoms with Crippen molar-refractivity contribution >= 4 is 12.0 Å². The second-order valence-corrected chi connectivity index (χ2v) is 5.87. The maximum Gasteiger partial charge on any atom is 0.317 e. The molecule has 1 atom stereocenters. The molecule has 1 unspecified atom stereocenters. The van der Waals surface area contributed by atoms with E-state index in [0.717, 1.165) is 19.5 Å². The molecule has 1 heterocycles. The number of nitrogens with one attached hydrogen (secondary N) is 1. The Morgan fingerprint density at radius 2 is 1.89 bits per heavy atom. The van der Waals surface area contributed by atoms with E-state index in [-0.39, 0.29) is 12.5 Å². The zero-order valence-corrected chi connectivity index (χ0v) is 11.4. The van der Waals surface area contributed by atoms with E-state index >= 15 is 0 Å². The number of hydrogen-bond donors (Lipinski definition) is 2. The number of carboxylic acid groups (broad SMARTS) is 1. The minimum atomic E-state index is -0.746. The van der Waals surface area contributed by atoms with E-state index in [4.69, 9.17) is 5.11 Å². The van der Waals surface area contributed by atoms with Gasteiger partial charge in [-0.2, -0.15) is 0 Å². The molecule has 0 aromatic heterocycles. The van der Waals surface area contributed by atoms with Crippen molar-refractivity contribution in [3.63, 3.8) is 0 Å². The first kappa shape index (κ1) is 14.2. The lowest BCUT2D eigenvalue weighted by molar-refractivity contribution is -0.137. The maximum absolute atomic E-state index is 12.0. The van der Waals surface area contributed by atoms with Gasteiger partial charge >= 0.3 is 12.0 Å². The van der Waals surface area contributed by atoms with Crippen molar-refractivity contribution in [1.29, 1.82) is 0 Å². The van der Waals surface area contributed by atoms with Gasteiger partial charge in [0.2, 0.25) is 0 Å². The summed E-state index contributed by atoms with van der Waals surface area (Å²) in [6, 6.07) is 0.0322. The van der Waals surface area contributed by atoms with Crippen molar-refractivity contribution in [2.75, 3.05) is 19.6 Å². The SMILES string of the molecule is O=C(O)CCC1CCN(C(=O)NCC2CCCC2)C1. The Morgan fingerprint density at radius 1 is 1.16 bits per heavy atom. The lowest BCUT2D eigenvalue weighted by Gasteiger charge is -2.19. The third-order valence-electron chi connectivity index (χ3n) is 4.36. The molecule has 1 aliphatic heterocycles. The normalized spacial score (nSPS) is 23.8. The molecule has 5 nitrogen and oxygen atoms in total. The Labute approximate surface area is 114 Å². The number of nitrogens with zero attached hydrogens (tertiary/aromatic N) is 1. The van der Waals surface area contributed by atoms with Gasteiger partial charge in [0.25, 0.3) is 0 Å². The second kappa shape index (κ2) is 6.78. The third-order valence-corrected chi connectivity index (χ3v) is 4.36. The van der Waals surface area contributed by atoms with Gasteiger partial charge in [-0.15, -0.1) is 0 Å². The van der Waals surface area contributed by atoms with Gasteiger partial charge in [-0.1, -0.05) is 12.8 Å². The molecule has 2 rings (SSSR count). The Hall–Kier alpha value is -1.26. The predicted octanol–water partition coefficient (Wildman–Crippen LogP) is 2.07. The summed E-state index contributed by atoms with van der Waals surface area (Å²) in [5, 5.41) is 11.7. The summed E-state index contributed by atoms with van der Waals surface area (Å²) >= 11 is 0. The first-order valence-electron chi connectivity index (χ1n) is 7.39. The van der Waals surface area contributed by atoms with Gasteiger partial charge in [0, 0.05) is 26.1 Å². The van der Waals surface area contributed by atoms with E-state index in [9.17, 15) is 9.59 Å². The summed E-state index contributed by atoms with van der Waals surface area (Å²) in [5.41, 5.74) is 0. The monoisotopic (exact) mass is 268 g/mol. The predicted molar refractivity (Wildman–Crippen MR) is 71.9 cm³/mol. The number of urea groups is 1. The molecule has 0 spiro atoms. The van der Waals surface area contributed by atoms with Crippen molar-refractivity contribution in [2.45, 2.75) is 44.9 Å². The quantitative estimate of drug-likeness (QED) is 0.802. The molecular weight excluding hydrogens is 244 g/mol. The average molecular weight is 268 g/mol. The first-order valence-corrected chi connectivity index (χ1v) is 7.39. The van der Waals surface area contributed by atoms with Crippen LogP contribution in [-0.4, -0.2) is 41.6 Å². The highest BCUT2D eigenvalue weighted by atomic mass is 16.4. The van der Waals surface area contributed by atoms with Crippen LogP contribution in [0.2, 0.25) is 0 Å². The molecule has 1 saturated carbocycles. The van der Waals surface area contributed by atoms with Crippen LogP contribution < -0.4 is 5.32 Å². The van der Waals surface area contributed by atoms with Crippen LogP contribution in [0.5, 0.6) is 0 Å². The van der Waals surface area contributed by atoms with Crippen molar-refractivity contribution < 1.29 is 14.7 Å². The van der Waals surface area contributed by atoms with E-state index in [1.54, 1.807) is 0 Å². The molecule has 2 amide bonds. The number of rotatable bonds is 5. The molecule has 19 heavy (non-hydrogen) atoms. The van der Waals surface area contributed by atoms with Gasteiger partial charge in [0.05, 0.1) is 0 Å². The van der Waals surface area contributed by atoms with Crippen LogP contribution in [0.1, 0.15) is 44.9 Å². The van der Waals surface area contributed by atoms with E-state index in [2.05, 4.69) is 5.32 Å². The van der Waals surface area contributed by atoms with Crippen molar-refractivity contribution in [3.05, 3.63) is 0 Å². The van der Waals surface area contributed by atoms with E-state index in [1.165, 1.54) is 25.7 Å². The molecular formula is C14H24N2O3. The topological polar surface area (TPSA) is 69.6 Å². The number of carbonyl (C=O) groups excluding carboxylic acids is 1. The molecule has 1 aliphatic carbocycles. The smallest absolute Gasteiger partial charge is 0.317 e. The molecule has 2 aliphatic rings. The van der Waals surface area contributed by atoms with Gasteiger partial charge in [-0.05, 0) is 37.5 Å². The Bertz CT molecular complexity index is 327. The zero-order valence-electron chi connectivity index (χ0n) is 11.4. The highest BCUT2D eigenvalue weighted by Gasteiger charge is 2.27. The van der Waals surface area contributed by atoms with Crippen LogP contribution in [0, 0.1) is 11.8 Å². The minimum Gasteiger partial charge on any atom is -0.481 e. The van der Waals surface area contributed by atoms with Gasteiger partial charge < -0.3 is 15.3 Å². The van der Waals surface area contributed by atoms with Crippen LogP contribution in [0.25, 0.3) is 0 Å². The third kappa shape index (κ3) is 4.40. The fourth-order valence-corrected chi connectivity index (χ4v) is 3.14. The van der Waals surface area contributed by atoms with E-state index in [1.807, 2.05) is 4.90 Å². The highest BCUT2D eigenvalue weighted by Crippen LogP contribution is 2.24. The molecule has 0 aromatic rings. The first-order chi connectivity index (χ1) is 9.15. The molecule has 5 heteroatoms. The molecule has 1 saturated heterocycles. The Balaban J connectivity index is 1.64. The van der Waals surface area contributed by atoms with Crippen LogP contribution in [0.4, 0.5) is 4.79 Å². The number of carbonyl (C=O) groups is 2. The molecule has 2 fully saturated rings. The largest absolute Gasteiger partial charge is 0.481 e. The number of carboxylic acids is 1. The van der Waals surface area contributed by atoms with Gasteiger partial charge in [-0.25, -0.2) is 4.79 Å². The lowest BCUT2D eigenvalue weighted by atomic mass is 10.0. The fourth-order valence-electron chi connectivity index (χ4n) is 3.14. The summed E-state index contributed by atoms with van der Waals surface area (Å²) in [7, 11) is 0. The van der Waals surface area contributed by atoms with Gasteiger partial charge in [0.1, 0.15) is 0 Å². The summed E-state index contributed by atoms with van der Waals surface area (Å²) in [6.45, 7) is 2.28. The summed E-state index contributed by atoms with van der Waals surface area (Å²) < 4.78 is 0. The summed E-state index contributed by atoms with van der Waals surface area (Å²) in [5.74, 6) is 0.270. The van der Waals surface area contributed by atoms with E-state index in [0.29, 0.717) is 24.8 Å². The van der Waals surface area contributed by atoms with E-state index < -0.39 is 5.97 Å². The molecule has 0 radical (unpaired) electrons. The number of likely N-dealkylation sites (tertiary alicyclic amines) is 1. The lowest BCUT2D eigenvalue weighted by Crippen LogP contribution is -2.40. The van der Waals surface area contributed by atoms with Gasteiger partial charge in [-0.3, -0.25) is 4.79 Å². The molecule has 108 valence electrons. The fraction of sp³-hybridized carbons (Fsp3) is 0.857. The van der Waals surface area contributed by atoms with Crippen molar-refractivity contribution in [2.24, 2.45) is 11.8 Å². The molecule has 0 bridgehead atoms. The number of hydrogen-bond acceptors (Lipinski definition) is 2. The maximum atomic E-state index is 12.0. The zero-order chi connectivity index (χ0) is 13.7. The highest BCUT2D eigenvalue weighted by molar-refractivity contribution is 5.74. The number of aliphatic carboxylic acids is 1. The van der Waals surface area contributed by atoms with Crippen molar-refractivity contribution in [1.82, 2.24) is 10.2 Å². The average Bonchev–Trinajstić information content (AvgIpc) is 3.04. The Morgan fingerprint density at radius 3 is 2.58 bits per heavy atom. The molecule has 2 N–H and O–H groups in total. The van der Waals surface area contributed by atoms with Gasteiger partial charge in [0.15, 0.2) is 0 Å². The Kier molecular flexibility index (Phi) is 5.05.